The summed E-state index contributed by atoms with van der Waals surface area (Å²) in [6.07, 6.45) is -4.24. The van der Waals surface area contributed by atoms with Gasteiger partial charge in [-0.05, 0) is 0 Å². The van der Waals surface area contributed by atoms with Crippen LogP contribution in [0.3, 0.4) is 0 Å². The summed E-state index contributed by atoms with van der Waals surface area (Å²) >= 11 is 0. The largest absolute Gasteiger partial charge is 0.370 e. The monoisotopic (exact) mass is 209 g/mol. The van der Waals surface area contributed by atoms with E-state index in [4.69, 9.17) is 0 Å². The van der Waals surface area contributed by atoms with Gasteiger partial charge in [-0.25, -0.2) is 0 Å². The molecule has 0 aliphatic rings. The zero-order valence-corrected chi connectivity index (χ0v) is 8.62. The summed E-state index contributed by atoms with van der Waals surface area (Å²) in [6.45, 7) is 0. The van der Waals surface area contributed by atoms with Gasteiger partial charge in [0, 0.05) is 19.5 Å². The summed E-state index contributed by atoms with van der Waals surface area (Å²) in [5.74, 6) is 0. The number of benzene rings is 1. The summed E-state index contributed by atoms with van der Waals surface area (Å²) in [6, 6.07) is 7.01. The number of hydrogen-bond acceptors (Lipinski definition) is 0. The summed E-state index contributed by atoms with van der Waals surface area (Å²) in [7, 11) is 0. The van der Waals surface area contributed by atoms with E-state index < -0.39 is 11.7 Å². The van der Waals surface area contributed by atoms with Crippen LogP contribution in [0.1, 0.15) is 5.56 Å². The molecule has 0 aliphatic carbocycles. The Balaban J connectivity index is 0.000001000. The minimum Gasteiger partial charge on any atom is -0.183 e. The molecule has 56 valence electrons. The van der Waals surface area contributed by atoms with E-state index in [1.54, 1.807) is 0 Å². The molecule has 11 heavy (non-hydrogen) atoms. The van der Waals surface area contributed by atoms with Gasteiger partial charge in [0.2, 0.25) is 0 Å². The number of halogens is 3. The molecule has 0 N–H and O–H groups in total. The fraction of sp³-hybridized carbons (Fsp3) is 0.143. The van der Waals surface area contributed by atoms with Crippen LogP contribution in [0.4, 0.5) is 13.2 Å². The molecule has 0 unspecified atom stereocenters. The Morgan fingerprint density at radius 2 is 1.91 bits per heavy atom. The molecule has 0 saturated heterocycles. The Morgan fingerprint density at radius 1 is 1.27 bits per heavy atom. The average molecular weight is 210 g/mol. The molecule has 1 aromatic carbocycles. The van der Waals surface area contributed by atoms with Gasteiger partial charge in [-0.2, -0.15) is 43.5 Å². The van der Waals surface area contributed by atoms with Gasteiger partial charge in [-0.15, -0.1) is 0 Å². The second-order valence-electron chi connectivity index (χ2n) is 1.79. The standard InChI is InChI=1S/C7H4F3.Zn/c8-7(9,10)6-4-2-1-3-5-6;/h1-2,4-5H;/q-1;. The number of alkyl halides is 3. The Bertz CT molecular complexity index is 205. The second kappa shape index (κ2) is 3.86. The Hall–Kier alpha value is -0.367. The third kappa shape index (κ3) is 3.02. The van der Waals surface area contributed by atoms with Crippen LogP contribution in [0.2, 0.25) is 0 Å². The Kier molecular flexibility index (Phi) is 3.73. The predicted molar refractivity (Wildman–Crippen MR) is 30.3 cm³/mol. The van der Waals surface area contributed by atoms with Crippen LogP contribution >= 0.6 is 0 Å². The van der Waals surface area contributed by atoms with Crippen LogP contribution in [0.5, 0.6) is 0 Å². The first kappa shape index (κ1) is 10.6. The minimum atomic E-state index is -4.24. The molecule has 0 aromatic heterocycles. The first-order valence-electron chi connectivity index (χ1n) is 2.64. The molecule has 0 atom stereocenters. The number of hydrogen-bond donors (Lipinski definition) is 0. The Labute approximate surface area is 75.2 Å². The van der Waals surface area contributed by atoms with E-state index in [9.17, 15) is 13.2 Å². The van der Waals surface area contributed by atoms with E-state index in [0.717, 1.165) is 12.1 Å². The van der Waals surface area contributed by atoms with Crippen molar-refractivity contribution < 1.29 is 32.6 Å². The van der Waals surface area contributed by atoms with Crippen molar-refractivity contribution in [1.82, 2.24) is 0 Å². The zero-order valence-electron chi connectivity index (χ0n) is 5.65. The molecule has 0 bridgehead atoms. The van der Waals surface area contributed by atoms with Crippen molar-refractivity contribution in [3.63, 3.8) is 0 Å². The van der Waals surface area contributed by atoms with Gasteiger partial charge in [-0.1, -0.05) is 5.56 Å². The van der Waals surface area contributed by atoms with Crippen molar-refractivity contribution in [2.24, 2.45) is 0 Å². The third-order valence-electron chi connectivity index (χ3n) is 1.03. The Morgan fingerprint density at radius 3 is 2.18 bits per heavy atom. The molecular weight excluding hydrogens is 206 g/mol. The van der Waals surface area contributed by atoms with E-state index in [-0.39, 0.29) is 19.5 Å². The average Bonchev–Trinajstić information content (AvgIpc) is 1.88. The third-order valence-corrected chi connectivity index (χ3v) is 1.03. The maximum atomic E-state index is 11.8. The van der Waals surface area contributed by atoms with Crippen molar-refractivity contribution in [2.45, 2.75) is 6.18 Å². The van der Waals surface area contributed by atoms with E-state index in [1.807, 2.05) is 0 Å². The molecule has 0 nitrogen and oxygen atoms in total. The summed E-state index contributed by atoms with van der Waals surface area (Å²) in [5, 5.41) is 0. The van der Waals surface area contributed by atoms with Crippen molar-refractivity contribution in [1.29, 1.82) is 0 Å². The molecule has 0 amide bonds. The summed E-state index contributed by atoms with van der Waals surface area (Å²) < 4.78 is 35.3. The molecule has 0 heterocycles. The van der Waals surface area contributed by atoms with Gasteiger partial charge in [0.15, 0.2) is 0 Å². The second-order valence-corrected chi connectivity index (χ2v) is 1.79. The molecule has 0 radical (unpaired) electrons. The topological polar surface area (TPSA) is 0 Å². The van der Waals surface area contributed by atoms with Crippen LogP contribution in [-0.4, -0.2) is 0 Å². The van der Waals surface area contributed by atoms with Gasteiger partial charge in [0.25, 0.3) is 0 Å². The smallest absolute Gasteiger partial charge is 0.183 e. The first-order valence-corrected chi connectivity index (χ1v) is 2.64. The van der Waals surface area contributed by atoms with E-state index in [2.05, 4.69) is 6.07 Å². The fourth-order valence-electron chi connectivity index (χ4n) is 0.570. The maximum Gasteiger partial charge on any atom is 0.370 e. The van der Waals surface area contributed by atoms with Gasteiger partial charge in [0.05, 0.1) is 0 Å². The molecule has 1 aromatic rings. The zero-order chi connectivity index (χ0) is 7.61. The summed E-state index contributed by atoms with van der Waals surface area (Å²) in [4.78, 5) is 0. The van der Waals surface area contributed by atoms with Crippen molar-refractivity contribution in [2.75, 3.05) is 0 Å². The maximum absolute atomic E-state index is 11.8. The van der Waals surface area contributed by atoms with Crippen LogP contribution in [0.15, 0.2) is 24.3 Å². The summed E-state index contributed by atoms with van der Waals surface area (Å²) in [5.41, 5.74) is -0.657. The predicted octanol–water partition coefficient (Wildman–Crippen LogP) is 2.50. The normalized spacial score (nSPS) is 10.5. The SMILES string of the molecule is FC(F)(F)c1c[c-]ccc1.[Zn]. The molecule has 0 saturated carbocycles. The van der Waals surface area contributed by atoms with Gasteiger partial charge in [0.1, 0.15) is 0 Å². The van der Waals surface area contributed by atoms with Crippen LogP contribution in [-0.2, 0) is 25.7 Å². The van der Waals surface area contributed by atoms with Gasteiger partial charge in [-0.3, -0.25) is 0 Å². The number of rotatable bonds is 0. The first-order chi connectivity index (χ1) is 4.61. The van der Waals surface area contributed by atoms with E-state index in [1.165, 1.54) is 12.1 Å². The fourth-order valence-corrected chi connectivity index (χ4v) is 0.570. The van der Waals surface area contributed by atoms with Crippen molar-refractivity contribution >= 4 is 0 Å². The van der Waals surface area contributed by atoms with E-state index in [0.29, 0.717) is 0 Å². The minimum absolute atomic E-state index is 0. The molecule has 1 rings (SSSR count). The van der Waals surface area contributed by atoms with Crippen LogP contribution in [0.25, 0.3) is 0 Å². The molecule has 0 aliphatic heterocycles. The van der Waals surface area contributed by atoms with Gasteiger partial charge >= 0.3 is 6.18 Å². The van der Waals surface area contributed by atoms with Crippen molar-refractivity contribution in [3.05, 3.63) is 35.9 Å². The molecule has 4 heteroatoms. The van der Waals surface area contributed by atoms with Crippen LogP contribution in [0, 0.1) is 6.07 Å². The molecule has 0 spiro atoms. The van der Waals surface area contributed by atoms with E-state index >= 15 is 0 Å². The molecular formula is C7H4F3Zn-. The quantitative estimate of drug-likeness (QED) is 0.456. The van der Waals surface area contributed by atoms with Gasteiger partial charge < -0.3 is 0 Å². The van der Waals surface area contributed by atoms with Crippen molar-refractivity contribution in [3.8, 4) is 0 Å². The van der Waals surface area contributed by atoms with Crippen LogP contribution < -0.4 is 0 Å². The molecule has 0 fully saturated rings.